The molecule has 0 radical (unpaired) electrons. The van der Waals surface area contributed by atoms with Crippen LogP contribution in [0.25, 0.3) is 0 Å². The van der Waals surface area contributed by atoms with E-state index in [1.165, 1.54) is 16.0 Å². The fourth-order valence-corrected chi connectivity index (χ4v) is 4.20. The molecule has 1 N–H and O–H groups in total. The van der Waals surface area contributed by atoms with Crippen LogP contribution in [-0.2, 0) is 23.1 Å². The molecule has 120 valence electrons. The van der Waals surface area contributed by atoms with Crippen molar-refractivity contribution in [3.8, 4) is 0 Å². The Kier molecular flexibility index (Phi) is 4.35. The fraction of sp³-hybridized carbons (Fsp3) is 0.500. The van der Waals surface area contributed by atoms with E-state index in [1.54, 1.807) is 6.20 Å². The van der Waals surface area contributed by atoms with Gasteiger partial charge in [0, 0.05) is 42.1 Å². The van der Waals surface area contributed by atoms with E-state index in [0.29, 0.717) is 6.54 Å². The number of fused-ring (bicyclic) bond motifs is 1. The summed E-state index contributed by atoms with van der Waals surface area (Å²) in [5, 5.41) is 4.34. The highest BCUT2D eigenvalue weighted by molar-refractivity contribution is 7.88. The van der Waals surface area contributed by atoms with E-state index in [-0.39, 0.29) is 6.04 Å². The predicted molar refractivity (Wildman–Crippen MR) is 87.3 cm³/mol. The molecule has 22 heavy (non-hydrogen) atoms. The van der Waals surface area contributed by atoms with Crippen LogP contribution >= 0.6 is 11.3 Å². The first-order valence-corrected chi connectivity index (χ1v) is 9.86. The van der Waals surface area contributed by atoms with Crippen molar-refractivity contribution < 1.29 is 8.42 Å². The summed E-state index contributed by atoms with van der Waals surface area (Å²) in [5.41, 5.74) is 1.12. The van der Waals surface area contributed by atoms with Crippen molar-refractivity contribution >= 4 is 21.4 Å². The van der Waals surface area contributed by atoms with Gasteiger partial charge in [-0.1, -0.05) is 0 Å². The second-order valence-corrected chi connectivity index (χ2v) is 8.93. The molecule has 0 unspecified atom stereocenters. The van der Waals surface area contributed by atoms with Gasteiger partial charge in [-0.05, 0) is 25.1 Å². The molecule has 1 aliphatic heterocycles. The maximum Gasteiger partial charge on any atom is 0.208 e. The van der Waals surface area contributed by atoms with Gasteiger partial charge in [-0.15, -0.1) is 11.3 Å². The quantitative estimate of drug-likeness (QED) is 0.892. The zero-order valence-corrected chi connectivity index (χ0v) is 14.3. The van der Waals surface area contributed by atoms with Crippen LogP contribution in [0.4, 0.5) is 0 Å². The van der Waals surface area contributed by atoms with Gasteiger partial charge in [-0.25, -0.2) is 13.1 Å². The van der Waals surface area contributed by atoms with Gasteiger partial charge in [0.1, 0.15) is 0 Å². The van der Waals surface area contributed by atoms with Crippen molar-refractivity contribution in [3.05, 3.63) is 39.8 Å². The highest BCUT2D eigenvalue weighted by Crippen LogP contribution is 2.24. The molecule has 0 aliphatic carbocycles. The molecular formula is C14H20N4O2S2. The van der Waals surface area contributed by atoms with Crippen molar-refractivity contribution in [1.82, 2.24) is 19.4 Å². The molecule has 2 aromatic rings. The maximum absolute atomic E-state index is 11.3. The molecular weight excluding hydrogens is 320 g/mol. The second-order valence-electron chi connectivity index (χ2n) is 5.72. The summed E-state index contributed by atoms with van der Waals surface area (Å²) in [4.78, 5) is 4.99. The first kappa shape index (κ1) is 15.7. The Hall–Kier alpha value is -1.22. The van der Waals surface area contributed by atoms with Crippen LogP contribution in [0.1, 0.15) is 21.5 Å². The van der Waals surface area contributed by atoms with Gasteiger partial charge in [0.25, 0.3) is 0 Å². The smallest absolute Gasteiger partial charge is 0.208 e. The summed E-state index contributed by atoms with van der Waals surface area (Å²) in [7, 11) is -3.19. The van der Waals surface area contributed by atoms with Gasteiger partial charge < -0.3 is 0 Å². The normalized spacial score (nSPS) is 19.3. The number of hydrogen-bond acceptors (Lipinski definition) is 5. The number of rotatable bonds is 5. The minimum Gasteiger partial charge on any atom is -0.290 e. The number of sulfonamides is 1. The summed E-state index contributed by atoms with van der Waals surface area (Å²) in [6, 6.07) is 6.32. The molecule has 1 aliphatic rings. The van der Waals surface area contributed by atoms with Crippen LogP contribution in [0.3, 0.4) is 0 Å². The van der Waals surface area contributed by atoms with Crippen molar-refractivity contribution in [2.45, 2.75) is 26.1 Å². The molecule has 0 saturated carbocycles. The fourth-order valence-electron chi connectivity index (χ4n) is 2.77. The lowest BCUT2D eigenvalue weighted by Gasteiger charge is -2.33. The van der Waals surface area contributed by atoms with E-state index >= 15 is 0 Å². The second kappa shape index (κ2) is 6.11. The Labute approximate surface area is 134 Å². The van der Waals surface area contributed by atoms with Crippen molar-refractivity contribution in [2.24, 2.45) is 0 Å². The van der Waals surface area contributed by atoms with Gasteiger partial charge in [0.15, 0.2) is 0 Å². The lowest BCUT2D eigenvalue weighted by Crippen LogP contribution is -2.42. The number of aromatic nitrogens is 2. The number of nitrogens with one attached hydrogen (secondary N) is 1. The Morgan fingerprint density at radius 1 is 1.41 bits per heavy atom. The zero-order valence-electron chi connectivity index (χ0n) is 12.7. The zero-order chi connectivity index (χ0) is 15.7. The van der Waals surface area contributed by atoms with Crippen LogP contribution < -0.4 is 4.72 Å². The molecule has 8 heteroatoms. The average molecular weight is 340 g/mol. The summed E-state index contributed by atoms with van der Waals surface area (Å²) >= 11 is 1.81. The third-order valence-corrected chi connectivity index (χ3v) is 5.39. The van der Waals surface area contributed by atoms with Crippen molar-refractivity contribution in [1.29, 1.82) is 0 Å². The molecule has 2 aromatic heterocycles. The summed E-state index contributed by atoms with van der Waals surface area (Å²) in [5.74, 6) is 0. The summed E-state index contributed by atoms with van der Waals surface area (Å²) in [6.45, 7) is 4.99. The molecule has 0 saturated heterocycles. The van der Waals surface area contributed by atoms with Gasteiger partial charge in [-0.3, -0.25) is 9.58 Å². The maximum atomic E-state index is 11.3. The Morgan fingerprint density at radius 2 is 2.23 bits per heavy atom. The highest BCUT2D eigenvalue weighted by Gasteiger charge is 2.26. The topological polar surface area (TPSA) is 67.2 Å². The molecule has 3 heterocycles. The minimum absolute atomic E-state index is 0.0227. The van der Waals surface area contributed by atoms with Gasteiger partial charge in [-0.2, -0.15) is 5.10 Å². The van der Waals surface area contributed by atoms with E-state index in [9.17, 15) is 8.42 Å². The van der Waals surface area contributed by atoms with Crippen LogP contribution in [0.15, 0.2) is 24.4 Å². The van der Waals surface area contributed by atoms with Crippen LogP contribution in [0.2, 0.25) is 0 Å². The molecule has 0 bridgehead atoms. The van der Waals surface area contributed by atoms with Crippen LogP contribution in [0.5, 0.6) is 0 Å². The SMILES string of the molecule is Cc1ccc(CN2Cc3ccnn3[C@H](CNS(C)(=O)=O)C2)s1. The van der Waals surface area contributed by atoms with Crippen molar-refractivity contribution in [3.63, 3.8) is 0 Å². The van der Waals surface area contributed by atoms with Crippen molar-refractivity contribution in [2.75, 3.05) is 19.3 Å². The standard InChI is InChI=1S/C14H20N4O2S2/c1-11-3-4-14(21-11)10-17-8-12-5-6-15-18(12)13(9-17)7-16-22(2,19)20/h3-6,13,16H,7-10H2,1-2H3/t13-/m1/s1. The first-order valence-electron chi connectivity index (χ1n) is 7.15. The number of hydrogen-bond donors (Lipinski definition) is 1. The Balaban J connectivity index is 1.73. The number of nitrogens with zero attached hydrogens (tertiary/aromatic N) is 3. The monoisotopic (exact) mass is 340 g/mol. The highest BCUT2D eigenvalue weighted by atomic mass is 32.2. The molecule has 1 atom stereocenters. The lowest BCUT2D eigenvalue weighted by molar-refractivity contribution is 0.169. The van der Waals surface area contributed by atoms with Gasteiger partial charge in [0.2, 0.25) is 10.0 Å². The van der Waals surface area contributed by atoms with E-state index < -0.39 is 10.0 Å². The summed E-state index contributed by atoms with van der Waals surface area (Å²) in [6.07, 6.45) is 2.97. The number of thiophene rings is 1. The molecule has 3 rings (SSSR count). The largest absolute Gasteiger partial charge is 0.290 e. The predicted octanol–water partition coefficient (Wildman–Crippen LogP) is 1.36. The summed E-state index contributed by atoms with van der Waals surface area (Å²) < 4.78 is 27.2. The first-order chi connectivity index (χ1) is 10.4. The Bertz CT molecular complexity index is 750. The number of aryl methyl sites for hydroxylation is 1. The molecule has 0 fully saturated rings. The van der Waals surface area contributed by atoms with E-state index in [4.69, 9.17) is 0 Å². The van der Waals surface area contributed by atoms with Gasteiger partial charge >= 0.3 is 0 Å². The lowest BCUT2D eigenvalue weighted by atomic mass is 10.2. The van der Waals surface area contributed by atoms with Crippen LogP contribution in [-0.4, -0.2) is 42.4 Å². The average Bonchev–Trinajstić information content (AvgIpc) is 3.04. The van der Waals surface area contributed by atoms with Gasteiger partial charge in [0.05, 0.1) is 18.0 Å². The molecule has 6 nitrogen and oxygen atoms in total. The minimum atomic E-state index is -3.19. The van der Waals surface area contributed by atoms with E-state index in [0.717, 1.165) is 25.3 Å². The molecule has 0 amide bonds. The third kappa shape index (κ3) is 3.75. The molecule has 0 aromatic carbocycles. The molecule has 0 spiro atoms. The Morgan fingerprint density at radius 3 is 2.91 bits per heavy atom. The van der Waals surface area contributed by atoms with E-state index in [1.807, 2.05) is 22.1 Å². The van der Waals surface area contributed by atoms with Crippen LogP contribution in [0, 0.1) is 6.92 Å². The third-order valence-electron chi connectivity index (χ3n) is 3.71. The van der Waals surface area contributed by atoms with E-state index in [2.05, 4.69) is 33.8 Å².